The maximum absolute atomic E-state index is 13.0. The van der Waals surface area contributed by atoms with Gasteiger partial charge in [-0.05, 0) is 51.4 Å². The largest absolute Gasteiger partial charge is 0.756 e. The van der Waals surface area contributed by atoms with Crippen LogP contribution in [0.5, 0.6) is 0 Å². The molecular formula is C61H117N2O6P. The normalized spacial score (nSPS) is 14.2. The zero-order valence-corrected chi connectivity index (χ0v) is 47.9. The van der Waals surface area contributed by atoms with Gasteiger partial charge in [0.2, 0.25) is 5.91 Å². The summed E-state index contributed by atoms with van der Waals surface area (Å²) in [7, 11) is 1.31. The summed E-state index contributed by atoms with van der Waals surface area (Å²) in [5, 5.41) is 14.1. The highest BCUT2D eigenvalue weighted by molar-refractivity contribution is 7.45. The van der Waals surface area contributed by atoms with Gasteiger partial charge in [0.25, 0.3) is 7.82 Å². The molecular weight excluding hydrogens is 888 g/mol. The van der Waals surface area contributed by atoms with Gasteiger partial charge in [-0.3, -0.25) is 9.36 Å². The lowest BCUT2D eigenvalue weighted by Gasteiger charge is -2.30. The van der Waals surface area contributed by atoms with Crippen LogP contribution in [0.1, 0.15) is 284 Å². The summed E-state index contributed by atoms with van der Waals surface area (Å²) in [5.41, 5.74) is 0. The van der Waals surface area contributed by atoms with Crippen LogP contribution in [0.2, 0.25) is 0 Å². The average molecular weight is 1010 g/mol. The molecule has 0 aliphatic rings. The minimum absolute atomic E-state index is 0.0115. The Morgan fingerprint density at radius 2 is 0.871 bits per heavy atom. The Morgan fingerprint density at radius 1 is 0.514 bits per heavy atom. The summed E-state index contributed by atoms with van der Waals surface area (Å²) >= 11 is 0. The highest BCUT2D eigenvalue weighted by Gasteiger charge is 2.24. The van der Waals surface area contributed by atoms with Gasteiger partial charge in [-0.1, -0.05) is 274 Å². The van der Waals surface area contributed by atoms with Crippen LogP contribution in [0.15, 0.2) is 48.6 Å². The van der Waals surface area contributed by atoms with E-state index in [-0.39, 0.29) is 19.1 Å². The van der Waals surface area contributed by atoms with E-state index in [1.165, 1.54) is 193 Å². The third-order valence-electron chi connectivity index (χ3n) is 13.6. The Balaban J connectivity index is 4.14. The number of phosphoric ester groups is 1. The fourth-order valence-corrected chi connectivity index (χ4v) is 9.64. The second-order valence-electron chi connectivity index (χ2n) is 21.7. The number of unbranched alkanes of at least 4 members (excludes halogenated alkanes) is 34. The van der Waals surface area contributed by atoms with E-state index < -0.39 is 20.0 Å². The van der Waals surface area contributed by atoms with Gasteiger partial charge in [0.1, 0.15) is 13.2 Å². The Bertz CT molecular complexity index is 1280. The van der Waals surface area contributed by atoms with Gasteiger partial charge in [-0.25, -0.2) is 0 Å². The lowest BCUT2D eigenvalue weighted by atomic mass is 10.0. The Kier molecular flexibility index (Phi) is 51.2. The van der Waals surface area contributed by atoms with E-state index in [0.29, 0.717) is 23.9 Å². The molecule has 0 aliphatic carbocycles. The number of allylic oxidation sites excluding steroid dienone is 8. The molecule has 0 aromatic rings. The molecule has 0 aromatic heterocycles. The molecule has 0 bridgehead atoms. The standard InChI is InChI=1S/C61H117N2O6P/c1-6-8-10-12-14-16-18-20-22-24-26-28-30-31-33-35-37-39-41-43-45-47-49-51-53-55-61(65)62-59(58-69-70(66,67)68-57-56-63(3,4)5)60(64)54-52-50-48-46-44-42-40-38-36-34-32-29-27-25-23-21-19-17-15-13-11-9-7-2/h8,10,14,16,20,22,26,28,59-60,64H,6-7,9,11-13,15,17-19,21,23-25,27,29-58H2,1-5H3,(H-,62,65,66,67)/b10-8-,16-14-,22-20-,28-26-. The first-order chi connectivity index (χ1) is 34.0. The van der Waals surface area contributed by atoms with E-state index in [4.69, 9.17) is 9.05 Å². The first-order valence-electron chi connectivity index (χ1n) is 30.0. The van der Waals surface area contributed by atoms with Gasteiger partial charge in [-0.2, -0.15) is 0 Å². The number of nitrogens with one attached hydrogen (secondary N) is 1. The lowest BCUT2D eigenvalue weighted by Crippen LogP contribution is -2.46. The zero-order chi connectivity index (χ0) is 51.3. The first kappa shape index (κ1) is 68.5. The topological polar surface area (TPSA) is 108 Å². The number of phosphoric acid groups is 1. The van der Waals surface area contributed by atoms with E-state index in [1.807, 2.05) is 21.1 Å². The van der Waals surface area contributed by atoms with Crippen molar-refractivity contribution in [3.8, 4) is 0 Å². The molecule has 0 rings (SSSR count). The molecule has 0 saturated carbocycles. The number of aliphatic hydroxyl groups excluding tert-OH is 1. The number of hydrogen-bond donors (Lipinski definition) is 2. The maximum atomic E-state index is 13.0. The average Bonchev–Trinajstić information content (AvgIpc) is 3.32. The van der Waals surface area contributed by atoms with Crippen LogP contribution < -0.4 is 10.2 Å². The molecule has 3 atom stereocenters. The zero-order valence-electron chi connectivity index (χ0n) is 47.0. The van der Waals surface area contributed by atoms with Crippen molar-refractivity contribution in [2.24, 2.45) is 0 Å². The summed E-state index contributed by atoms with van der Waals surface area (Å²) in [6.07, 6.45) is 68.6. The van der Waals surface area contributed by atoms with Gasteiger partial charge in [-0.15, -0.1) is 0 Å². The van der Waals surface area contributed by atoms with E-state index in [2.05, 4.69) is 67.8 Å². The van der Waals surface area contributed by atoms with Gasteiger partial charge in [0.05, 0.1) is 39.9 Å². The Labute approximate surface area is 435 Å². The lowest BCUT2D eigenvalue weighted by molar-refractivity contribution is -0.870. The van der Waals surface area contributed by atoms with Crippen molar-refractivity contribution in [2.75, 3.05) is 40.9 Å². The molecule has 9 heteroatoms. The molecule has 0 spiro atoms. The summed E-state index contributed by atoms with van der Waals surface area (Å²) in [6, 6.07) is -0.804. The maximum Gasteiger partial charge on any atom is 0.268 e. The molecule has 0 fully saturated rings. The number of nitrogens with zero attached hydrogens (tertiary/aromatic N) is 1. The third-order valence-corrected chi connectivity index (χ3v) is 14.5. The molecule has 70 heavy (non-hydrogen) atoms. The van der Waals surface area contributed by atoms with Crippen LogP contribution in [0.4, 0.5) is 0 Å². The van der Waals surface area contributed by atoms with Gasteiger partial charge in [0.15, 0.2) is 0 Å². The van der Waals surface area contributed by atoms with E-state index >= 15 is 0 Å². The molecule has 0 radical (unpaired) electrons. The second kappa shape index (κ2) is 52.3. The Morgan fingerprint density at radius 3 is 1.27 bits per heavy atom. The fourth-order valence-electron chi connectivity index (χ4n) is 8.92. The molecule has 0 aliphatic heterocycles. The molecule has 8 nitrogen and oxygen atoms in total. The smallest absolute Gasteiger partial charge is 0.268 e. The summed E-state index contributed by atoms with van der Waals surface area (Å²) < 4.78 is 23.5. The van der Waals surface area contributed by atoms with E-state index in [1.54, 1.807) is 0 Å². The number of carbonyl (C=O) groups excluding carboxylic acids is 1. The number of aliphatic hydroxyl groups is 1. The van der Waals surface area contributed by atoms with E-state index in [9.17, 15) is 19.4 Å². The van der Waals surface area contributed by atoms with Gasteiger partial charge < -0.3 is 28.8 Å². The molecule has 3 unspecified atom stereocenters. The second-order valence-corrected chi connectivity index (χ2v) is 23.1. The highest BCUT2D eigenvalue weighted by Crippen LogP contribution is 2.38. The minimum Gasteiger partial charge on any atom is -0.756 e. The highest BCUT2D eigenvalue weighted by atomic mass is 31.2. The number of amides is 1. The summed E-state index contributed by atoms with van der Waals surface area (Å²) in [5.74, 6) is -0.165. The van der Waals surface area contributed by atoms with Crippen molar-refractivity contribution >= 4 is 13.7 Å². The summed E-state index contributed by atoms with van der Waals surface area (Å²) in [6.45, 7) is 4.64. The quantitative estimate of drug-likeness (QED) is 0.0272. The number of likely N-dealkylation sites (N-methyl/N-ethyl adjacent to an activating group) is 1. The summed E-state index contributed by atoms with van der Waals surface area (Å²) in [4.78, 5) is 25.6. The number of hydrogen-bond acceptors (Lipinski definition) is 6. The molecule has 1 amide bonds. The van der Waals surface area contributed by atoms with Crippen LogP contribution in [-0.2, 0) is 18.4 Å². The van der Waals surface area contributed by atoms with Crippen LogP contribution in [0.25, 0.3) is 0 Å². The van der Waals surface area contributed by atoms with E-state index in [0.717, 1.165) is 64.2 Å². The number of quaternary nitrogens is 1. The van der Waals surface area contributed by atoms with Crippen LogP contribution in [0.3, 0.4) is 0 Å². The van der Waals surface area contributed by atoms with Crippen molar-refractivity contribution < 1.29 is 32.9 Å². The van der Waals surface area contributed by atoms with Crippen molar-refractivity contribution in [3.63, 3.8) is 0 Å². The van der Waals surface area contributed by atoms with Crippen molar-refractivity contribution in [1.82, 2.24) is 5.32 Å². The number of rotatable bonds is 55. The molecule has 0 heterocycles. The monoisotopic (exact) mass is 1000 g/mol. The molecule has 0 saturated heterocycles. The Hall–Kier alpha value is -1.54. The third kappa shape index (κ3) is 54.2. The van der Waals surface area contributed by atoms with Gasteiger partial charge >= 0.3 is 0 Å². The molecule has 412 valence electrons. The van der Waals surface area contributed by atoms with Crippen molar-refractivity contribution in [3.05, 3.63) is 48.6 Å². The van der Waals surface area contributed by atoms with Crippen molar-refractivity contribution in [2.45, 2.75) is 296 Å². The first-order valence-corrected chi connectivity index (χ1v) is 31.4. The number of carbonyl (C=O) groups is 1. The van der Waals surface area contributed by atoms with Crippen molar-refractivity contribution in [1.29, 1.82) is 0 Å². The fraction of sp³-hybridized carbons (Fsp3) is 0.852. The van der Waals surface area contributed by atoms with Crippen LogP contribution >= 0.6 is 7.82 Å². The SMILES string of the molecule is CC/C=C\C/C=C\C/C=C\C/C=C\CCCCCCCCCCCCCCC(=O)NC(COP(=O)([O-])OCC[N+](C)(C)C)C(O)CCCCCCCCCCCCCCCCCCCCCCCCC. The minimum atomic E-state index is -4.58. The predicted molar refractivity (Wildman–Crippen MR) is 302 cm³/mol. The molecule has 0 aromatic carbocycles. The van der Waals surface area contributed by atoms with Gasteiger partial charge in [0, 0.05) is 6.42 Å². The van der Waals surface area contributed by atoms with Crippen LogP contribution in [0, 0.1) is 0 Å². The molecule has 2 N–H and O–H groups in total. The van der Waals surface area contributed by atoms with Crippen LogP contribution in [-0.4, -0.2) is 68.5 Å². The predicted octanol–water partition coefficient (Wildman–Crippen LogP) is 17.7.